The molecule has 2 fully saturated rings. The van der Waals surface area contributed by atoms with E-state index in [1.165, 1.54) is 0 Å². The van der Waals surface area contributed by atoms with Gasteiger partial charge in [0.05, 0.1) is 0 Å². The van der Waals surface area contributed by atoms with Gasteiger partial charge in [0.2, 0.25) is 0 Å². The summed E-state index contributed by atoms with van der Waals surface area (Å²) in [6.45, 7) is 0. The molecule has 0 radical (unpaired) electrons. The van der Waals surface area contributed by atoms with E-state index in [-0.39, 0.29) is 11.3 Å². The van der Waals surface area contributed by atoms with Gasteiger partial charge in [-0.1, -0.05) is 18.2 Å². The maximum absolute atomic E-state index is 12.1. The number of fused-ring (bicyclic) bond motifs is 6. The Morgan fingerprint density at radius 1 is 1.18 bits per heavy atom. The van der Waals surface area contributed by atoms with Crippen molar-refractivity contribution in [3.05, 3.63) is 24.3 Å². The van der Waals surface area contributed by atoms with Crippen LogP contribution in [0.15, 0.2) is 24.3 Å². The monoisotopic (exact) mass is 228 g/mol. The molecule has 0 heterocycles. The van der Waals surface area contributed by atoms with Crippen LogP contribution in [0.3, 0.4) is 0 Å². The van der Waals surface area contributed by atoms with E-state index in [1.807, 2.05) is 0 Å². The molecule has 0 aliphatic heterocycles. The first-order chi connectivity index (χ1) is 8.20. The van der Waals surface area contributed by atoms with Gasteiger partial charge in [0.25, 0.3) is 0 Å². The SMILES string of the molecule is O=C1CC[C@]2(C=CC(=O)[C@@H]3C4C=CC(C4)[C@@H]32)C1. The molecule has 2 heteroatoms. The second kappa shape index (κ2) is 2.98. The molecule has 0 N–H and O–H groups in total. The number of carbonyl (C=O) groups is 2. The largest absolute Gasteiger partial charge is 0.300 e. The van der Waals surface area contributed by atoms with Crippen LogP contribution in [-0.4, -0.2) is 11.6 Å². The van der Waals surface area contributed by atoms with Gasteiger partial charge in [0, 0.05) is 24.2 Å². The maximum atomic E-state index is 12.1. The van der Waals surface area contributed by atoms with Gasteiger partial charge < -0.3 is 0 Å². The Bertz CT molecular complexity index is 473. The van der Waals surface area contributed by atoms with Crippen molar-refractivity contribution in [2.45, 2.75) is 25.7 Å². The standard InChI is InChI=1S/C15H16O2/c16-11-3-5-15(8-11)6-4-12(17)13-9-1-2-10(7-9)14(13)15/h1-2,4,6,9-10,13-14H,3,5,7-8H2/t9?,10?,13-,14-,15-/m0/s1. The lowest BCUT2D eigenvalue weighted by atomic mass is 9.60. The fourth-order valence-electron chi connectivity index (χ4n) is 4.81. The smallest absolute Gasteiger partial charge is 0.159 e. The summed E-state index contributed by atoms with van der Waals surface area (Å²) in [5, 5.41) is 0. The molecule has 17 heavy (non-hydrogen) atoms. The fourth-order valence-corrected chi connectivity index (χ4v) is 4.81. The van der Waals surface area contributed by atoms with Gasteiger partial charge in [0.1, 0.15) is 5.78 Å². The van der Waals surface area contributed by atoms with E-state index in [0.29, 0.717) is 42.2 Å². The molecule has 4 aliphatic carbocycles. The predicted octanol–water partition coefficient (Wildman–Crippen LogP) is 2.30. The molecule has 5 atom stereocenters. The van der Waals surface area contributed by atoms with Crippen molar-refractivity contribution in [3.63, 3.8) is 0 Å². The van der Waals surface area contributed by atoms with Crippen LogP contribution in [0, 0.1) is 29.1 Å². The van der Waals surface area contributed by atoms with E-state index in [0.717, 1.165) is 12.8 Å². The Morgan fingerprint density at radius 2 is 2.00 bits per heavy atom. The van der Waals surface area contributed by atoms with Gasteiger partial charge in [-0.15, -0.1) is 0 Å². The molecule has 0 aromatic carbocycles. The van der Waals surface area contributed by atoms with Gasteiger partial charge >= 0.3 is 0 Å². The summed E-state index contributed by atoms with van der Waals surface area (Å²) in [7, 11) is 0. The van der Waals surface area contributed by atoms with Crippen LogP contribution in [0.25, 0.3) is 0 Å². The summed E-state index contributed by atoms with van der Waals surface area (Å²) in [6, 6.07) is 0. The number of ketones is 2. The normalized spacial score (nSPS) is 50.6. The number of hydrogen-bond donors (Lipinski definition) is 0. The number of hydrogen-bond acceptors (Lipinski definition) is 2. The Hall–Kier alpha value is -1.18. The topological polar surface area (TPSA) is 34.1 Å². The van der Waals surface area contributed by atoms with Crippen molar-refractivity contribution in [1.29, 1.82) is 0 Å². The molecule has 1 spiro atoms. The summed E-state index contributed by atoms with van der Waals surface area (Å²) in [4.78, 5) is 23.7. The van der Waals surface area contributed by atoms with Crippen LogP contribution in [0.1, 0.15) is 25.7 Å². The minimum Gasteiger partial charge on any atom is -0.300 e. The van der Waals surface area contributed by atoms with E-state index < -0.39 is 0 Å². The van der Waals surface area contributed by atoms with Crippen LogP contribution in [-0.2, 0) is 9.59 Å². The highest BCUT2D eigenvalue weighted by Crippen LogP contribution is 2.61. The molecule has 2 unspecified atom stereocenters. The average molecular weight is 228 g/mol. The van der Waals surface area contributed by atoms with E-state index in [9.17, 15) is 9.59 Å². The minimum atomic E-state index is 0.0276. The zero-order valence-corrected chi connectivity index (χ0v) is 9.76. The average Bonchev–Trinajstić information content (AvgIpc) is 2.99. The molecule has 0 aromatic heterocycles. The van der Waals surface area contributed by atoms with Crippen LogP contribution in [0.2, 0.25) is 0 Å². The Balaban J connectivity index is 1.82. The summed E-state index contributed by atoms with van der Waals surface area (Å²) < 4.78 is 0. The summed E-state index contributed by atoms with van der Waals surface area (Å²) in [5.41, 5.74) is 0.0276. The predicted molar refractivity (Wildman–Crippen MR) is 63.2 cm³/mol. The first-order valence-electron chi connectivity index (χ1n) is 6.63. The van der Waals surface area contributed by atoms with Crippen LogP contribution < -0.4 is 0 Å². The van der Waals surface area contributed by atoms with Crippen LogP contribution in [0.5, 0.6) is 0 Å². The summed E-state index contributed by atoms with van der Waals surface area (Å²) in [5.74, 6) is 2.29. The first-order valence-corrected chi connectivity index (χ1v) is 6.63. The Kier molecular flexibility index (Phi) is 1.72. The van der Waals surface area contributed by atoms with Crippen molar-refractivity contribution in [2.24, 2.45) is 29.1 Å². The first kappa shape index (κ1) is 9.81. The zero-order valence-electron chi connectivity index (χ0n) is 9.76. The van der Waals surface area contributed by atoms with Crippen LogP contribution >= 0.6 is 0 Å². The molecule has 0 aromatic rings. The minimum absolute atomic E-state index is 0.0276. The van der Waals surface area contributed by atoms with E-state index in [4.69, 9.17) is 0 Å². The maximum Gasteiger partial charge on any atom is 0.159 e. The molecule has 2 bridgehead atoms. The quantitative estimate of drug-likeness (QED) is 0.596. The second-order valence-electron chi connectivity index (χ2n) is 6.18. The third-order valence-corrected chi connectivity index (χ3v) is 5.43. The Labute approximate surface area is 101 Å². The van der Waals surface area contributed by atoms with E-state index in [2.05, 4.69) is 18.2 Å². The lowest BCUT2D eigenvalue weighted by Gasteiger charge is -2.42. The van der Waals surface area contributed by atoms with E-state index >= 15 is 0 Å². The molecule has 2 saturated carbocycles. The second-order valence-corrected chi connectivity index (χ2v) is 6.18. The third-order valence-electron chi connectivity index (χ3n) is 5.43. The highest BCUT2D eigenvalue weighted by Gasteiger charge is 2.58. The lowest BCUT2D eigenvalue weighted by Crippen LogP contribution is -2.41. The molecule has 0 saturated heterocycles. The van der Waals surface area contributed by atoms with Crippen molar-refractivity contribution < 1.29 is 9.59 Å². The molecular formula is C15H16O2. The Morgan fingerprint density at radius 3 is 2.76 bits per heavy atom. The summed E-state index contributed by atoms with van der Waals surface area (Å²) >= 11 is 0. The van der Waals surface area contributed by atoms with Gasteiger partial charge in [0.15, 0.2) is 5.78 Å². The molecule has 2 nitrogen and oxygen atoms in total. The molecule has 4 rings (SSSR count). The van der Waals surface area contributed by atoms with Crippen molar-refractivity contribution >= 4 is 11.6 Å². The highest BCUT2D eigenvalue weighted by molar-refractivity contribution is 5.95. The number of carbonyl (C=O) groups excluding carboxylic acids is 2. The molecule has 4 aliphatic rings. The van der Waals surface area contributed by atoms with Crippen molar-refractivity contribution in [1.82, 2.24) is 0 Å². The van der Waals surface area contributed by atoms with Gasteiger partial charge in [-0.3, -0.25) is 9.59 Å². The number of allylic oxidation sites excluding steroid dienone is 4. The summed E-state index contributed by atoms with van der Waals surface area (Å²) in [6.07, 6.45) is 11.9. The zero-order chi connectivity index (χ0) is 11.6. The molecule has 0 amide bonds. The molecular weight excluding hydrogens is 212 g/mol. The van der Waals surface area contributed by atoms with Crippen LogP contribution in [0.4, 0.5) is 0 Å². The van der Waals surface area contributed by atoms with Crippen molar-refractivity contribution in [2.75, 3.05) is 0 Å². The fraction of sp³-hybridized carbons (Fsp3) is 0.600. The van der Waals surface area contributed by atoms with Gasteiger partial charge in [-0.2, -0.15) is 0 Å². The number of Topliss-reactive ketones (excluding diaryl/α,β-unsaturated/α-hetero) is 1. The van der Waals surface area contributed by atoms with Gasteiger partial charge in [-0.25, -0.2) is 0 Å². The lowest BCUT2D eigenvalue weighted by molar-refractivity contribution is -0.124. The van der Waals surface area contributed by atoms with Gasteiger partial charge in [-0.05, 0) is 36.7 Å². The highest BCUT2D eigenvalue weighted by atomic mass is 16.1. The van der Waals surface area contributed by atoms with E-state index in [1.54, 1.807) is 6.08 Å². The number of rotatable bonds is 0. The molecule has 88 valence electrons. The van der Waals surface area contributed by atoms with Crippen molar-refractivity contribution in [3.8, 4) is 0 Å². The third kappa shape index (κ3) is 1.11.